The van der Waals surface area contributed by atoms with Gasteiger partial charge in [-0.05, 0) is 36.8 Å². The standard InChI is InChI=1S/C25H24N2O5S/c1-17(18-10-4-3-5-11-18)26-24(29)19-12-6-8-14-21(19)27-23(28)16-32-25(30)20-13-7-9-15-22(20)33(2)31/h3-15,17H,16H2,1-2H3,(H,26,29)(H,27,28). The molecule has 2 N–H and O–H groups in total. The van der Waals surface area contributed by atoms with E-state index in [1.807, 2.05) is 37.3 Å². The Bertz CT molecular complexity index is 1180. The molecule has 0 bridgehead atoms. The van der Waals surface area contributed by atoms with Crippen LogP contribution in [-0.2, 0) is 20.3 Å². The van der Waals surface area contributed by atoms with Crippen LogP contribution in [0.4, 0.5) is 5.69 Å². The van der Waals surface area contributed by atoms with Crippen molar-refractivity contribution in [2.75, 3.05) is 18.2 Å². The van der Waals surface area contributed by atoms with Gasteiger partial charge in [0.05, 0.1) is 38.6 Å². The first kappa shape index (κ1) is 23.9. The highest BCUT2D eigenvalue weighted by atomic mass is 32.2. The molecule has 3 rings (SSSR count). The Kier molecular flexibility index (Phi) is 8.10. The molecule has 0 saturated heterocycles. The van der Waals surface area contributed by atoms with Crippen LogP contribution in [0.15, 0.2) is 83.8 Å². The molecule has 2 atom stereocenters. The molecule has 170 valence electrons. The number of esters is 1. The van der Waals surface area contributed by atoms with Crippen molar-refractivity contribution in [3.63, 3.8) is 0 Å². The van der Waals surface area contributed by atoms with Gasteiger partial charge in [0.15, 0.2) is 6.61 Å². The number of hydrogen-bond donors (Lipinski definition) is 2. The van der Waals surface area contributed by atoms with Crippen molar-refractivity contribution in [1.29, 1.82) is 0 Å². The lowest BCUT2D eigenvalue weighted by atomic mass is 10.1. The molecule has 0 aliphatic carbocycles. The number of para-hydroxylation sites is 1. The molecule has 0 aliphatic heterocycles. The highest BCUT2D eigenvalue weighted by molar-refractivity contribution is 7.84. The van der Waals surface area contributed by atoms with E-state index in [1.54, 1.807) is 42.5 Å². The largest absolute Gasteiger partial charge is 0.452 e. The predicted octanol–water partition coefficient (Wildman–Crippen LogP) is 3.71. The molecule has 0 heterocycles. The Morgan fingerprint density at radius 1 is 0.879 bits per heavy atom. The predicted molar refractivity (Wildman–Crippen MR) is 126 cm³/mol. The van der Waals surface area contributed by atoms with Gasteiger partial charge >= 0.3 is 5.97 Å². The summed E-state index contributed by atoms with van der Waals surface area (Å²) in [6.45, 7) is 1.31. The van der Waals surface area contributed by atoms with E-state index in [2.05, 4.69) is 10.6 Å². The SMILES string of the molecule is CC(NC(=O)c1ccccc1NC(=O)COC(=O)c1ccccc1S(C)=O)c1ccccc1. The Morgan fingerprint density at radius 3 is 2.18 bits per heavy atom. The Balaban J connectivity index is 1.63. The van der Waals surface area contributed by atoms with E-state index >= 15 is 0 Å². The molecule has 8 heteroatoms. The number of carbonyl (C=O) groups is 3. The molecule has 0 aromatic heterocycles. The summed E-state index contributed by atoms with van der Waals surface area (Å²) in [5, 5.41) is 5.52. The molecule has 0 radical (unpaired) electrons. The minimum atomic E-state index is -1.38. The molecular formula is C25H24N2O5S. The third-order valence-electron chi connectivity index (χ3n) is 4.84. The zero-order valence-electron chi connectivity index (χ0n) is 18.2. The number of benzene rings is 3. The van der Waals surface area contributed by atoms with E-state index in [0.717, 1.165) is 5.56 Å². The second-order valence-electron chi connectivity index (χ2n) is 7.23. The van der Waals surface area contributed by atoms with Crippen LogP contribution >= 0.6 is 0 Å². The summed E-state index contributed by atoms with van der Waals surface area (Å²) >= 11 is 0. The quantitative estimate of drug-likeness (QED) is 0.495. The van der Waals surface area contributed by atoms with Crippen molar-refractivity contribution in [3.8, 4) is 0 Å². The first-order valence-corrected chi connectivity index (χ1v) is 11.8. The minimum Gasteiger partial charge on any atom is -0.452 e. The van der Waals surface area contributed by atoms with Gasteiger partial charge in [0.25, 0.3) is 11.8 Å². The minimum absolute atomic E-state index is 0.140. The molecule has 0 spiro atoms. The smallest absolute Gasteiger partial charge is 0.339 e. The van der Waals surface area contributed by atoms with E-state index in [1.165, 1.54) is 12.3 Å². The number of amides is 2. The monoisotopic (exact) mass is 464 g/mol. The van der Waals surface area contributed by atoms with Crippen molar-refractivity contribution in [2.24, 2.45) is 0 Å². The summed E-state index contributed by atoms with van der Waals surface area (Å²) in [4.78, 5) is 37.9. The Hall–Kier alpha value is -3.78. The van der Waals surface area contributed by atoms with Gasteiger partial charge in [0, 0.05) is 6.26 Å². The van der Waals surface area contributed by atoms with Crippen LogP contribution in [0, 0.1) is 0 Å². The van der Waals surface area contributed by atoms with Gasteiger partial charge < -0.3 is 15.4 Å². The van der Waals surface area contributed by atoms with Crippen molar-refractivity contribution in [2.45, 2.75) is 17.9 Å². The Morgan fingerprint density at radius 2 is 1.48 bits per heavy atom. The van der Waals surface area contributed by atoms with Crippen molar-refractivity contribution < 1.29 is 23.3 Å². The summed E-state index contributed by atoms with van der Waals surface area (Å²) in [5.41, 5.74) is 1.67. The van der Waals surface area contributed by atoms with Gasteiger partial charge in [-0.2, -0.15) is 0 Å². The maximum atomic E-state index is 12.8. The van der Waals surface area contributed by atoms with Crippen LogP contribution in [0.3, 0.4) is 0 Å². The zero-order chi connectivity index (χ0) is 23.8. The van der Waals surface area contributed by atoms with Crippen molar-refractivity contribution in [3.05, 3.63) is 95.6 Å². The topological polar surface area (TPSA) is 102 Å². The molecule has 2 amide bonds. The van der Waals surface area contributed by atoms with Crippen LogP contribution in [0.2, 0.25) is 0 Å². The van der Waals surface area contributed by atoms with E-state index < -0.39 is 29.3 Å². The third kappa shape index (κ3) is 6.36. The third-order valence-corrected chi connectivity index (χ3v) is 5.82. The fourth-order valence-corrected chi connectivity index (χ4v) is 3.90. The first-order valence-electron chi connectivity index (χ1n) is 10.2. The fourth-order valence-electron chi connectivity index (χ4n) is 3.17. The van der Waals surface area contributed by atoms with E-state index in [4.69, 9.17) is 4.74 Å². The summed E-state index contributed by atoms with van der Waals surface area (Å²) in [5.74, 6) is -1.70. The van der Waals surface area contributed by atoms with Gasteiger partial charge in [0.2, 0.25) is 0 Å². The van der Waals surface area contributed by atoms with Crippen molar-refractivity contribution in [1.82, 2.24) is 5.32 Å². The maximum absolute atomic E-state index is 12.8. The van der Waals surface area contributed by atoms with E-state index in [9.17, 15) is 18.6 Å². The second kappa shape index (κ2) is 11.2. The highest BCUT2D eigenvalue weighted by Gasteiger charge is 2.18. The summed E-state index contributed by atoms with van der Waals surface area (Å²) < 4.78 is 16.9. The van der Waals surface area contributed by atoms with Gasteiger partial charge in [-0.1, -0.05) is 54.6 Å². The molecule has 3 aromatic carbocycles. The van der Waals surface area contributed by atoms with Crippen LogP contribution in [0.1, 0.15) is 39.2 Å². The van der Waals surface area contributed by atoms with Crippen molar-refractivity contribution >= 4 is 34.3 Å². The lowest BCUT2D eigenvalue weighted by Gasteiger charge is -2.16. The molecule has 7 nitrogen and oxygen atoms in total. The normalized spacial score (nSPS) is 12.3. The van der Waals surface area contributed by atoms with Crippen LogP contribution < -0.4 is 10.6 Å². The summed E-state index contributed by atoms with van der Waals surface area (Å²) in [7, 11) is -1.38. The molecular weight excluding hydrogens is 440 g/mol. The fraction of sp³-hybridized carbons (Fsp3) is 0.160. The molecule has 2 unspecified atom stereocenters. The van der Waals surface area contributed by atoms with Crippen LogP contribution in [0.5, 0.6) is 0 Å². The van der Waals surface area contributed by atoms with E-state index in [-0.39, 0.29) is 23.1 Å². The van der Waals surface area contributed by atoms with Gasteiger partial charge in [-0.25, -0.2) is 4.79 Å². The first-order chi connectivity index (χ1) is 15.9. The second-order valence-corrected chi connectivity index (χ2v) is 8.57. The molecule has 0 aliphatic rings. The van der Waals surface area contributed by atoms with Gasteiger partial charge in [-0.3, -0.25) is 13.8 Å². The number of nitrogens with one attached hydrogen (secondary N) is 2. The lowest BCUT2D eigenvalue weighted by Crippen LogP contribution is -2.28. The number of rotatable bonds is 8. The molecule has 0 fully saturated rings. The summed E-state index contributed by atoms with van der Waals surface area (Å²) in [6, 6.07) is 22.2. The zero-order valence-corrected chi connectivity index (χ0v) is 19.1. The number of ether oxygens (including phenoxy) is 1. The Labute approximate surface area is 194 Å². The molecule has 33 heavy (non-hydrogen) atoms. The van der Waals surface area contributed by atoms with E-state index in [0.29, 0.717) is 10.6 Å². The average Bonchev–Trinajstić information content (AvgIpc) is 2.83. The molecule has 3 aromatic rings. The van der Waals surface area contributed by atoms with Crippen LogP contribution in [-0.4, -0.2) is 34.9 Å². The number of anilines is 1. The van der Waals surface area contributed by atoms with Crippen LogP contribution in [0.25, 0.3) is 0 Å². The number of carbonyl (C=O) groups excluding carboxylic acids is 3. The molecule has 0 saturated carbocycles. The number of hydrogen-bond acceptors (Lipinski definition) is 5. The summed E-state index contributed by atoms with van der Waals surface area (Å²) in [6.07, 6.45) is 1.46. The average molecular weight is 465 g/mol. The van der Waals surface area contributed by atoms with Gasteiger partial charge in [0.1, 0.15) is 0 Å². The maximum Gasteiger partial charge on any atom is 0.339 e. The highest BCUT2D eigenvalue weighted by Crippen LogP contribution is 2.18. The van der Waals surface area contributed by atoms with Gasteiger partial charge in [-0.15, -0.1) is 0 Å². The lowest BCUT2D eigenvalue weighted by molar-refractivity contribution is -0.119.